The summed E-state index contributed by atoms with van der Waals surface area (Å²) < 4.78 is 32.3. The molecule has 0 bridgehead atoms. The third-order valence-corrected chi connectivity index (χ3v) is 3.93. The average molecular weight is 283 g/mol. The molecule has 1 fully saturated rings. The molecule has 1 aromatic carbocycles. The molecule has 1 saturated carbocycles. The summed E-state index contributed by atoms with van der Waals surface area (Å²) in [6.07, 6.45) is 3.98. The zero-order valence-electron chi connectivity index (χ0n) is 11.7. The van der Waals surface area contributed by atoms with Crippen LogP contribution in [0.1, 0.15) is 38.2 Å². The van der Waals surface area contributed by atoms with Gasteiger partial charge in [0.25, 0.3) is 0 Å². The molecule has 0 spiro atoms. The summed E-state index contributed by atoms with van der Waals surface area (Å²) in [4.78, 5) is 12.1. The van der Waals surface area contributed by atoms with Gasteiger partial charge in [0, 0.05) is 11.6 Å². The Hall–Kier alpha value is -1.49. The molecule has 1 aliphatic carbocycles. The molecule has 20 heavy (non-hydrogen) atoms. The number of ether oxygens (including phenoxy) is 1. The molecule has 0 amide bonds. The predicted molar refractivity (Wildman–Crippen MR) is 71.1 cm³/mol. The standard InChI is InChI=1S/C15H19F2NO2/c1-15(14(19)20-2,18-10-6-3-4-7-10)11-8-5-9-12(16)13(11)17/h5,8-10,18H,3-4,6-7H2,1-2H3. The molecule has 3 nitrogen and oxygen atoms in total. The van der Waals surface area contributed by atoms with Gasteiger partial charge in [0.15, 0.2) is 11.6 Å². The van der Waals surface area contributed by atoms with Gasteiger partial charge in [-0.25, -0.2) is 13.6 Å². The van der Waals surface area contributed by atoms with E-state index in [1.54, 1.807) is 0 Å². The molecule has 0 saturated heterocycles. The molecule has 0 radical (unpaired) electrons. The van der Waals surface area contributed by atoms with Crippen LogP contribution in [0.3, 0.4) is 0 Å². The molecular formula is C15H19F2NO2. The third kappa shape index (κ3) is 2.68. The maximum Gasteiger partial charge on any atom is 0.330 e. The van der Waals surface area contributed by atoms with Crippen molar-refractivity contribution in [3.63, 3.8) is 0 Å². The minimum Gasteiger partial charge on any atom is -0.467 e. The van der Waals surface area contributed by atoms with Gasteiger partial charge in [0.2, 0.25) is 0 Å². The van der Waals surface area contributed by atoms with Crippen LogP contribution in [0.5, 0.6) is 0 Å². The van der Waals surface area contributed by atoms with Gasteiger partial charge in [0.05, 0.1) is 7.11 Å². The molecule has 1 N–H and O–H groups in total. The van der Waals surface area contributed by atoms with Crippen molar-refractivity contribution in [2.75, 3.05) is 7.11 Å². The van der Waals surface area contributed by atoms with Crippen molar-refractivity contribution in [3.8, 4) is 0 Å². The molecular weight excluding hydrogens is 264 g/mol. The molecule has 0 heterocycles. The van der Waals surface area contributed by atoms with Crippen LogP contribution in [-0.2, 0) is 15.1 Å². The smallest absolute Gasteiger partial charge is 0.330 e. The van der Waals surface area contributed by atoms with Crippen molar-refractivity contribution in [2.24, 2.45) is 0 Å². The van der Waals surface area contributed by atoms with Crippen molar-refractivity contribution in [1.29, 1.82) is 0 Å². The number of benzene rings is 1. The SMILES string of the molecule is COC(=O)C(C)(NC1CCCC1)c1cccc(F)c1F. The fourth-order valence-electron chi connectivity index (χ4n) is 2.82. The normalized spacial score (nSPS) is 18.8. The van der Waals surface area contributed by atoms with Crippen LogP contribution < -0.4 is 5.32 Å². The average Bonchev–Trinajstić information content (AvgIpc) is 2.93. The number of esters is 1. The topological polar surface area (TPSA) is 38.3 Å². The minimum atomic E-state index is -1.38. The van der Waals surface area contributed by atoms with E-state index in [-0.39, 0.29) is 11.6 Å². The molecule has 1 aliphatic rings. The lowest BCUT2D eigenvalue weighted by Crippen LogP contribution is -2.51. The van der Waals surface area contributed by atoms with Gasteiger partial charge in [-0.05, 0) is 25.8 Å². The van der Waals surface area contributed by atoms with Crippen molar-refractivity contribution in [2.45, 2.75) is 44.2 Å². The Morgan fingerprint density at radius 1 is 1.35 bits per heavy atom. The van der Waals surface area contributed by atoms with Gasteiger partial charge >= 0.3 is 5.97 Å². The van der Waals surface area contributed by atoms with E-state index in [0.29, 0.717) is 0 Å². The van der Waals surface area contributed by atoms with Crippen molar-refractivity contribution in [3.05, 3.63) is 35.4 Å². The maximum absolute atomic E-state index is 14.0. The Bertz CT molecular complexity index is 501. The third-order valence-electron chi connectivity index (χ3n) is 3.93. The van der Waals surface area contributed by atoms with Crippen molar-refractivity contribution in [1.82, 2.24) is 5.32 Å². The number of carbonyl (C=O) groups is 1. The number of nitrogens with one attached hydrogen (secondary N) is 1. The fraction of sp³-hybridized carbons (Fsp3) is 0.533. The number of methoxy groups -OCH3 is 1. The van der Waals surface area contributed by atoms with Crippen LogP contribution in [-0.4, -0.2) is 19.1 Å². The van der Waals surface area contributed by atoms with E-state index in [2.05, 4.69) is 5.32 Å². The fourth-order valence-corrected chi connectivity index (χ4v) is 2.82. The van der Waals surface area contributed by atoms with Crippen molar-refractivity contribution >= 4 is 5.97 Å². The quantitative estimate of drug-likeness (QED) is 0.864. The van der Waals surface area contributed by atoms with E-state index in [4.69, 9.17) is 4.74 Å². The highest BCUT2D eigenvalue weighted by atomic mass is 19.2. The van der Waals surface area contributed by atoms with E-state index in [0.717, 1.165) is 31.7 Å². The first-order valence-electron chi connectivity index (χ1n) is 6.79. The van der Waals surface area contributed by atoms with Crippen LogP contribution in [0.2, 0.25) is 0 Å². The van der Waals surface area contributed by atoms with Crippen LogP contribution >= 0.6 is 0 Å². The summed E-state index contributed by atoms with van der Waals surface area (Å²) in [7, 11) is 1.24. The Kier molecular flexibility index (Phi) is 4.38. The summed E-state index contributed by atoms with van der Waals surface area (Å²) >= 11 is 0. The summed E-state index contributed by atoms with van der Waals surface area (Å²) in [5, 5.41) is 3.15. The van der Waals surface area contributed by atoms with Gasteiger partial charge in [-0.3, -0.25) is 5.32 Å². The zero-order chi connectivity index (χ0) is 14.8. The molecule has 1 atom stereocenters. The Morgan fingerprint density at radius 2 is 2.00 bits per heavy atom. The van der Waals surface area contributed by atoms with E-state index in [1.165, 1.54) is 26.2 Å². The lowest BCUT2D eigenvalue weighted by molar-refractivity contribution is -0.149. The first kappa shape index (κ1) is 14.9. The summed E-state index contributed by atoms with van der Waals surface area (Å²) in [5.74, 6) is -2.59. The molecule has 2 rings (SSSR count). The first-order valence-corrected chi connectivity index (χ1v) is 6.79. The van der Waals surface area contributed by atoms with Gasteiger partial charge in [0.1, 0.15) is 5.54 Å². The van der Waals surface area contributed by atoms with E-state index < -0.39 is 23.1 Å². The Balaban J connectivity index is 2.40. The molecule has 1 aromatic rings. The van der Waals surface area contributed by atoms with Crippen LogP contribution in [0, 0.1) is 11.6 Å². The monoisotopic (exact) mass is 283 g/mol. The predicted octanol–water partition coefficient (Wildman–Crippen LogP) is 2.89. The molecule has 0 aliphatic heterocycles. The number of halogens is 2. The van der Waals surface area contributed by atoms with E-state index >= 15 is 0 Å². The molecule has 110 valence electrons. The van der Waals surface area contributed by atoms with Crippen LogP contribution in [0.25, 0.3) is 0 Å². The second-order valence-electron chi connectivity index (χ2n) is 5.34. The van der Waals surface area contributed by atoms with E-state index in [9.17, 15) is 13.6 Å². The first-order chi connectivity index (χ1) is 9.49. The number of hydrogen-bond acceptors (Lipinski definition) is 3. The number of carbonyl (C=O) groups excluding carboxylic acids is 1. The Morgan fingerprint density at radius 3 is 2.60 bits per heavy atom. The highest BCUT2D eigenvalue weighted by Crippen LogP contribution is 2.30. The van der Waals surface area contributed by atoms with Crippen LogP contribution in [0.15, 0.2) is 18.2 Å². The maximum atomic E-state index is 14.0. The van der Waals surface area contributed by atoms with Gasteiger partial charge in [-0.2, -0.15) is 0 Å². The summed E-state index contributed by atoms with van der Waals surface area (Å²) in [6.45, 7) is 1.54. The van der Waals surface area contributed by atoms with Gasteiger partial charge < -0.3 is 4.74 Å². The zero-order valence-corrected chi connectivity index (χ0v) is 11.7. The van der Waals surface area contributed by atoms with E-state index in [1.807, 2.05) is 0 Å². The second kappa shape index (κ2) is 5.87. The highest BCUT2D eigenvalue weighted by molar-refractivity contribution is 5.82. The Labute approximate surface area is 117 Å². The molecule has 5 heteroatoms. The number of hydrogen-bond donors (Lipinski definition) is 1. The molecule has 0 aromatic heterocycles. The summed E-state index contributed by atoms with van der Waals surface area (Å²) in [6, 6.07) is 3.95. The second-order valence-corrected chi connectivity index (χ2v) is 5.34. The molecule has 1 unspecified atom stereocenters. The lowest BCUT2D eigenvalue weighted by Gasteiger charge is -2.32. The highest BCUT2D eigenvalue weighted by Gasteiger charge is 2.41. The number of rotatable bonds is 4. The van der Waals surface area contributed by atoms with Gasteiger partial charge in [-0.1, -0.05) is 25.0 Å². The van der Waals surface area contributed by atoms with Gasteiger partial charge in [-0.15, -0.1) is 0 Å². The lowest BCUT2D eigenvalue weighted by atomic mass is 9.90. The largest absolute Gasteiger partial charge is 0.467 e. The summed E-state index contributed by atoms with van der Waals surface area (Å²) in [5.41, 5.74) is -1.40. The minimum absolute atomic E-state index is 0.0174. The van der Waals surface area contributed by atoms with Crippen LogP contribution in [0.4, 0.5) is 8.78 Å². The van der Waals surface area contributed by atoms with Crippen molar-refractivity contribution < 1.29 is 18.3 Å².